The first-order chi connectivity index (χ1) is 8.27. The van der Waals surface area contributed by atoms with Crippen LogP contribution in [0.4, 0.5) is 0 Å². The molecular formula is C14H25N3. The van der Waals surface area contributed by atoms with Gasteiger partial charge in [0, 0.05) is 19.3 Å². The third-order valence-corrected chi connectivity index (χ3v) is 4.03. The van der Waals surface area contributed by atoms with E-state index in [2.05, 4.69) is 23.4 Å². The molecule has 1 unspecified atom stereocenters. The van der Waals surface area contributed by atoms with Gasteiger partial charge in [0.15, 0.2) is 0 Å². The molecule has 1 N–H and O–H groups in total. The van der Waals surface area contributed by atoms with Gasteiger partial charge in [0.2, 0.25) is 0 Å². The Morgan fingerprint density at radius 1 is 1.41 bits per heavy atom. The van der Waals surface area contributed by atoms with Crippen molar-refractivity contribution in [1.29, 1.82) is 0 Å². The average Bonchev–Trinajstić information content (AvgIpc) is 2.77. The van der Waals surface area contributed by atoms with Crippen molar-refractivity contribution in [3.63, 3.8) is 0 Å². The molecule has 17 heavy (non-hydrogen) atoms. The third kappa shape index (κ3) is 3.56. The van der Waals surface area contributed by atoms with Gasteiger partial charge in [-0.25, -0.2) is 0 Å². The maximum atomic E-state index is 4.21. The molecule has 1 aromatic heterocycles. The number of nitrogens with zero attached hydrogens (tertiary/aromatic N) is 2. The molecule has 1 aromatic rings. The summed E-state index contributed by atoms with van der Waals surface area (Å²) in [4.78, 5) is 0. The molecule has 3 heteroatoms. The summed E-state index contributed by atoms with van der Waals surface area (Å²) in [5, 5.41) is 7.82. The Morgan fingerprint density at radius 3 is 2.82 bits per heavy atom. The minimum Gasteiger partial charge on any atom is -0.309 e. The van der Waals surface area contributed by atoms with Crippen molar-refractivity contribution in [2.24, 2.45) is 13.0 Å². The van der Waals surface area contributed by atoms with Crippen molar-refractivity contribution in [1.82, 2.24) is 15.1 Å². The summed E-state index contributed by atoms with van der Waals surface area (Å²) in [6, 6.07) is 2.50. The number of hydrogen-bond donors (Lipinski definition) is 1. The van der Waals surface area contributed by atoms with Crippen LogP contribution >= 0.6 is 0 Å². The Bertz CT molecular complexity index is 326. The maximum absolute atomic E-state index is 4.21. The fraction of sp³-hybridized carbons (Fsp3) is 0.786. The van der Waals surface area contributed by atoms with Crippen molar-refractivity contribution >= 4 is 0 Å². The molecule has 0 bridgehead atoms. The Hall–Kier alpha value is -0.830. The minimum atomic E-state index is 0.408. The molecule has 0 aromatic carbocycles. The highest BCUT2D eigenvalue weighted by Crippen LogP contribution is 2.26. The number of aromatic nitrogens is 2. The standard InChI is InChI=1S/C14H25N3/c1-12(14-9-11-16-17(14)2)15-10-8-13-6-4-3-5-7-13/h9,11-13,15H,3-8,10H2,1-2H3. The molecular weight excluding hydrogens is 210 g/mol. The van der Waals surface area contributed by atoms with Crippen LogP contribution in [0.15, 0.2) is 12.3 Å². The van der Waals surface area contributed by atoms with Gasteiger partial charge in [-0.1, -0.05) is 32.1 Å². The summed E-state index contributed by atoms with van der Waals surface area (Å²) in [6.07, 6.45) is 10.4. The summed E-state index contributed by atoms with van der Waals surface area (Å²) >= 11 is 0. The van der Waals surface area contributed by atoms with Gasteiger partial charge in [0.1, 0.15) is 0 Å². The van der Waals surface area contributed by atoms with Crippen molar-refractivity contribution in [2.45, 2.75) is 51.5 Å². The lowest BCUT2D eigenvalue weighted by atomic mass is 9.87. The molecule has 0 amide bonds. The molecule has 0 aliphatic heterocycles. The van der Waals surface area contributed by atoms with Gasteiger partial charge in [-0.05, 0) is 31.9 Å². The summed E-state index contributed by atoms with van der Waals surface area (Å²) in [5.41, 5.74) is 1.27. The minimum absolute atomic E-state index is 0.408. The van der Waals surface area contributed by atoms with Crippen LogP contribution in [-0.4, -0.2) is 16.3 Å². The fourth-order valence-corrected chi connectivity index (χ4v) is 2.89. The SMILES string of the molecule is CC(NCCC1CCCCC1)c1ccnn1C. The molecule has 3 nitrogen and oxygen atoms in total. The van der Waals surface area contributed by atoms with Crippen LogP contribution in [0.3, 0.4) is 0 Å². The van der Waals surface area contributed by atoms with Crippen molar-refractivity contribution in [3.8, 4) is 0 Å². The normalized spacial score (nSPS) is 19.4. The largest absolute Gasteiger partial charge is 0.309 e. The van der Waals surface area contributed by atoms with Crippen molar-refractivity contribution in [2.75, 3.05) is 6.54 Å². The van der Waals surface area contributed by atoms with Gasteiger partial charge in [0.25, 0.3) is 0 Å². The highest BCUT2D eigenvalue weighted by Gasteiger charge is 2.14. The Kier molecular flexibility index (Phi) is 4.60. The summed E-state index contributed by atoms with van der Waals surface area (Å²) < 4.78 is 1.96. The van der Waals surface area contributed by atoms with E-state index in [1.54, 1.807) is 0 Å². The van der Waals surface area contributed by atoms with Crippen LogP contribution in [0, 0.1) is 5.92 Å². The lowest BCUT2D eigenvalue weighted by Crippen LogP contribution is -2.24. The van der Waals surface area contributed by atoms with E-state index in [4.69, 9.17) is 0 Å². The third-order valence-electron chi connectivity index (χ3n) is 4.03. The van der Waals surface area contributed by atoms with Crippen LogP contribution in [0.1, 0.15) is 57.2 Å². The Labute approximate surface area is 105 Å². The second-order valence-electron chi connectivity index (χ2n) is 5.35. The molecule has 0 saturated heterocycles. The highest BCUT2D eigenvalue weighted by molar-refractivity contribution is 5.05. The number of rotatable bonds is 5. The van der Waals surface area contributed by atoms with Gasteiger partial charge in [-0.2, -0.15) is 5.10 Å². The number of hydrogen-bond acceptors (Lipinski definition) is 2. The summed E-state index contributed by atoms with van der Waals surface area (Å²) in [6.45, 7) is 3.36. The second-order valence-corrected chi connectivity index (χ2v) is 5.35. The van der Waals surface area contributed by atoms with E-state index in [1.807, 2.05) is 17.9 Å². The van der Waals surface area contributed by atoms with Crippen LogP contribution in [0.2, 0.25) is 0 Å². The lowest BCUT2D eigenvalue weighted by molar-refractivity contribution is 0.328. The van der Waals surface area contributed by atoms with Gasteiger partial charge in [0.05, 0.1) is 5.69 Å². The van der Waals surface area contributed by atoms with E-state index < -0.39 is 0 Å². The van der Waals surface area contributed by atoms with Crippen LogP contribution in [0.5, 0.6) is 0 Å². The number of nitrogens with one attached hydrogen (secondary N) is 1. The van der Waals surface area contributed by atoms with E-state index in [-0.39, 0.29) is 0 Å². The number of aryl methyl sites for hydroxylation is 1. The molecule has 1 atom stereocenters. The molecule has 1 saturated carbocycles. The topological polar surface area (TPSA) is 29.9 Å². The zero-order valence-electron chi connectivity index (χ0n) is 11.2. The van der Waals surface area contributed by atoms with Gasteiger partial charge in [-0.3, -0.25) is 4.68 Å². The molecule has 96 valence electrons. The van der Waals surface area contributed by atoms with Gasteiger partial charge < -0.3 is 5.32 Å². The zero-order chi connectivity index (χ0) is 12.1. The predicted molar refractivity (Wildman–Crippen MR) is 70.8 cm³/mol. The van der Waals surface area contributed by atoms with E-state index in [9.17, 15) is 0 Å². The molecule has 1 heterocycles. The Morgan fingerprint density at radius 2 is 2.18 bits per heavy atom. The van der Waals surface area contributed by atoms with Crippen LogP contribution in [0.25, 0.3) is 0 Å². The monoisotopic (exact) mass is 235 g/mol. The molecule has 0 radical (unpaired) electrons. The van der Waals surface area contributed by atoms with E-state index in [1.165, 1.54) is 44.2 Å². The van der Waals surface area contributed by atoms with Crippen LogP contribution < -0.4 is 5.32 Å². The zero-order valence-corrected chi connectivity index (χ0v) is 11.2. The predicted octanol–water partition coefficient (Wildman–Crippen LogP) is 3.04. The smallest absolute Gasteiger partial charge is 0.0547 e. The van der Waals surface area contributed by atoms with Gasteiger partial charge >= 0.3 is 0 Å². The van der Waals surface area contributed by atoms with Crippen LogP contribution in [-0.2, 0) is 7.05 Å². The molecule has 1 aliphatic carbocycles. The molecule has 2 rings (SSSR count). The summed E-state index contributed by atoms with van der Waals surface area (Å²) in [5.74, 6) is 0.968. The lowest BCUT2D eigenvalue weighted by Gasteiger charge is -2.22. The van der Waals surface area contributed by atoms with Crippen molar-refractivity contribution in [3.05, 3.63) is 18.0 Å². The van der Waals surface area contributed by atoms with E-state index in [0.717, 1.165) is 12.5 Å². The fourth-order valence-electron chi connectivity index (χ4n) is 2.89. The second kappa shape index (κ2) is 6.20. The Balaban J connectivity index is 1.69. The average molecular weight is 235 g/mol. The van der Waals surface area contributed by atoms with Gasteiger partial charge in [-0.15, -0.1) is 0 Å². The maximum Gasteiger partial charge on any atom is 0.0547 e. The van der Waals surface area contributed by atoms with Crippen molar-refractivity contribution < 1.29 is 0 Å². The quantitative estimate of drug-likeness (QED) is 0.850. The van der Waals surface area contributed by atoms with E-state index in [0.29, 0.717) is 6.04 Å². The molecule has 1 fully saturated rings. The molecule has 0 spiro atoms. The van der Waals surface area contributed by atoms with E-state index >= 15 is 0 Å². The highest BCUT2D eigenvalue weighted by atomic mass is 15.3. The summed E-state index contributed by atoms with van der Waals surface area (Å²) in [7, 11) is 2.01. The molecule has 1 aliphatic rings. The first kappa shape index (κ1) is 12.6. The first-order valence-electron chi connectivity index (χ1n) is 6.98. The first-order valence-corrected chi connectivity index (χ1v) is 6.98.